The van der Waals surface area contributed by atoms with Crippen LogP contribution in [0.1, 0.15) is 31.8 Å². The van der Waals surface area contributed by atoms with E-state index in [4.69, 9.17) is 4.74 Å². The predicted octanol–water partition coefficient (Wildman–Crippen LogP) is 1.86. The Balaban J connectivity index is 2.26. The molecule has 0 atom stereocenters. The van der Waals surface area contributed by atoms with E-state index in [0.717, 1.165) is 24.5 Å². The molecule has 1 N–H and O–H groups in total. The molecule has 90 valence electrons. The van der Waals surface area contributed by atoms with Crippen molar-refractivity contribution in [1.82, 2.24) is 15.3 Å². The lowest BCUT2D eigenvalue weighted by molar-refractivity contribution is 0.293. The fourth-order valence-corrected chi connectivity index (χ4v) is 1.40. The maximum Gasteiger partial charge on any atom is 0.216 e. The third kappa shape index (κ3) is 5.07. The van der Waals surface area contributed by atoms with Gasteiger partial charge in [0.2, 0.25) is 5.88 Å². The summed E-state index contributed by atoms with van der Waals surface area (Å²) in [6, 6.07) is 2.40. The van der Waals surface area contributed by atoms with Gasteiger partial charge >= 0.3 is 0 Å². The Kier molecular flexibility index (Phi) is 5.19. The van der Waals surface area contributed by atoms with E-state index in [9.17, 15) is 0 Å². The smallest absolute Gasteiger partial charge is 0.216 e. The molecule has 1 rings (SSSR count). The van der Waals surface area contributed by atoms with Gasteiger partial charge in [0.1, 0.15) is 5.82 Å². The molecular formula is C12H21N3O. The van der Waals surface area contributed by atoms with Crippen molar-refractivity contribution < 1.29 is 4.74 Å². The van der Waals surface area contributed by atoms with Gasteiger partial charge in [-0.05, 0) is 26.8 Å². The highest BCUT2D eigenvalue weighted by molar-refractivity contribution is 5.14. The number of aromatic nitrogens is 2. The molecule has 1 heterocycles. The molecule has 4 nitrogen and oxygen atoms in total. The van der Waals surface area contributed by atoms with Gasteiger partial charge in [-0.25, -0.2) is 4.98 Å². The zero-order valence-electron chi connectivity index (χ0n) is 10.6. The number of aryl methyl sites for hydroxylation is 2. The molecule has 1 aromatic rings. The van der Waals surface area contributed by atoms with Crippen molar-refractivity contribution in [1.29, 1.82) is 0 Å². The van der Waals surface area contributed by atoms with Crippen LogP contribution in [0, 0.1) is 13.8 Å². The molecule has 0 aliphatic heterocycles. The topological polar surface area (TPSA) is 47.0 Å². The van der Waals surface area contributed by atoms with Gasteiger partial charge in [-0.15, -0.1) is 0 Å². The lowest BCUT2D eigenvalue weighted by Crippen LogP contribution is -2.24. The number of hydrogen-bond acceptors (Lipinski definition) is 4. The molecule has 0 aromatic carbocycles. The van der Waals surface area contributed by atoms with Crippen LogP contribution in [0.5, 0.6) is 5.88 Å². The predicted molar refractivity (Wildman–Crippen MR) is 64.8 cm³/mol. The maximum absolute atomic E-state index is 5.56. The summed E-state index contributed by atoms with van der Waals surface area (Å²) in [6.45, 7) is 9.76. The summed E-state index contributed by atoms with van der Waals surface area (Å²) in [5.74, 6) is 1.44. The van der Waals surface area contributed by atoms with Crippen LogP contribution in [0.3, 0.4) is 0 Å². The molecule has 0 spiro atoms. The first-order chi connectivity index (χ1) is 7.58. The van der Waals surface area contributed by atoms with Crippen LogP contribution in [0.25, 0.3) is 0 Å². The van der Waals surface area contributed by atoms with E-state index in [1.54, 1.807) is 0 Å². The summed E-state index contributed by atoms with van der Waals surface area (Å²) in [5.41, 5.74) is 0.947. The van der Waals surface area contributed by atoms with E-state index in [1.807, 2.05) is 19.9 Å². The van der Waals surface area contributed by atoms with Crippen LogP contribution in [0.2, 0.25) is 0 Å². The number of nitrogens with zero attached hydrogens (tertiary/aromatic N) is 2. The minimum atomic E-state index is 0.531. The number of nitrogens with one attached hydrogen (secondary N) is 1. The van der Waals surface area contributed by atoms with Crippen LogP contribution in [0.4, 0.5) is 0 Å². The van der Waals surface area contributed by atoms with Gasteiger partial charge in [0, 0.05) is 17.8 Å². The van der Waals surface area contributed by atoms with Crippen LogP contribution in [0.15, 0.2) is 6.07 Å². The fraction of sp³-hybridized carbons (Fsp3) is 0.667. The molecule has 0 saturated carbocycles. The average Bonchev–Trinajstić information content (AvgIpc) is 2.15. The van der Waals surface area contributed by atoms with Crippen molar-refractivity contribution in [2.45, 2.75) is 40.2 Å². The minimum Gasteiger partial charge on any atom is -0.478 e. The molecule has 16 heavy (non-hydrogen) atoms. The highest BCUT2D eigenvalue weighted by Crippen LogP contribution is 2.08. The summed E-state index contributed by atoms with van der Waals surface area (Å²) in [7, 11) is 0. The van der Waals surface area contributed by atoms with Gasteiger partial charge < -0.3 is 10.1 Å². The Morgan fingerprint density at radius 2 is 2.06 bits per heavy atom. The van der Waals surface area contributed by atoms with Crippen molar-refractivity contribution in [3.8, 4) is 5.88 Å². The highest BCUT2D eigenvalue weighted by atomic mass is 16.5. The van der Waals surface area contributed by atoms with E-state index in [1.165, 1.54) is 0 Å². The summed E-state index contributed by atoms with van der Waals surface area (Å²) in [6.07, 6.45) is 0.986. The summed E-state index contributed by atoms with van der Waals surface area (Å²) >= 11 is 0. The molecule has 0 amide bonds. The third-order valence-corrected chi connectivity index (χ3v) is 2.07. The van der Waals surface area contributed by atoms with Gasteiger partial charge in [0.25, 0.3) is 0 Å². The summed E-state index contributed by atoms with van der Waals surface area (Å²) in [5, 5.41) is 3.34. The first-order valence-corrected chi connectivity index (χ1v) is 5.76. The van der Waals surface area contributed by atoms with Crippen LogP contribution in [-0.4, -0.2) is 29.2 Å². The highest BCUT2D eigenvalue weighted by Gasteiger charge is 1.99. The standard InChI is InChI=1S/C12H21N3O/c1-9(2)13-6-5-7-16-12-8-10(3)14-11(4)15-12/h8-9,13H,5-7H2,1-4H3. The van der Waals surface area contributed by atoms with E-state index < -0.39 is 0 Å². The molecule has 0 saturated heterocycles. The minimum absolute atomic E-state index is 0.531. The van der Waals surface area contributed by atoms with E-state index >= 15 is 0 Å². The zero-order valence-corrected chi connectivity index (χ0v) is 10.6. The normalized spacial score (nSPS) is 10.8. The second-order valence-corrected chi connectivity index (χ2v) is 4.21. The molecule has 0 aliphatic carbocycles. The van der Waals surface area contributed by atoms with Crippen molar-refractivity contribution in [2.24, 2.45) is 0 Å². The Morgan fingerprint density at radius 3 is 2.69 bits per heavy atom. The SMILES string of the molecule is Cc1cc(OCCCNC(C)C)nc(C)n1. The van der Waals surface area contributed by atoms with Crippen molar-refractivity contribution >= 4 is 0 Å². The second kappa shape index (κ2) is 6.43. The molecule has 0 radical (unpaired) electrons. The lowest BCUT2D eigenvalue weighted by Gasteiger charge is -2.09. The Labute approximate surface area is 97.5 Å². The van der Waals surface area contributed by atoms with Gasteiger partial charge in [-0.2, -0.15) is 4.98 Å². The summed E-state index contributed by atoms with van der Waals surface area (Å²) < 4.78 is 5.56. The largest absolute Gasteiger partial charge is 0.478 e. The first-order valence-electron chi connectivity index (χ1n) is 5.76. The maximum atomic E-state index is 5.56. The monoisotopic (exact) mass is 223 g/mol. The second-order valence-electron chi connectivity index (χ2n) is 4.21. The number of rotatable bonds is 6. The zero-order chi connectivity index (χ0) is 12.0. The molecule has 1 aromatic heterocycles. The Bertz CT molecular complexity index is 306. The van der Waals surface area contributed by atoms with Crippen LogP contribution in [-0.2, 0) is 0 Å². The number of hydrogen-bond donors (Lipinski definition) is 1. The molecule has 0 fully saturated rings. The lowest BCUT2D eigenvalue weighted by atomic mass is 10.3. The molecule has 4 heteroatoms. The van der Waals surface area contributed by atoms with E-state index in [-0.39, 0.29) is 0 Å². The molecule has 0 unspecified atom stereocenters. The number of ether oxygens (including phenoxy) is 1. The van der Waals surface area contributed by atoms with Gasteiger partial charge in [-0.3, -0.25) is 0 Å². The molecule has 0 aliphatic rings. The Hall–Kier alpha value is -1.16. The van der Waals surface area contributed by atoms with Gasteiger partial charge in [0.05, 0.1) is 6.61 Å². The average molecular weight is 223 g/mol. The van der Waals surface area contributed by atoms with E-state index in [2.05, 4.69) is 29.1 Å². The molecular weight excluding hydrogens is 202 g/mol. The third-order valence-electron chi connectivity index (χ3n) is 2.07. The van der Waals surface area contributed by atoms with Crippen molar-refractivity contribution in [3.05, 3.63) is 17.6 Å². The van der Waals surface area contributed by atoms with Crippen LogP contribution < -0.4 is 10.1 Å². The Morgan fingerprint density at radius 1 is 1.31 bits per heavy atom. The first kappa shape index (κ1) is 12.9. The summed E-state index contributed by atoms with van der Waals surface area (Å²) in [4.78, 5) is 8.41. The van der Waals surface area contributed by atoms with Gasteiger partial charge in [0.15, 0.2) is 0 Å². The van der Waals surface area contributed by atoms with E-state index in [0.29, 0.717) is 18.5 Å². The van der Waals surface area contributed by atoms with Gasteiger partial charge in [-0.1, -0.05) is 13.8 Å². The molecule has 0 bridgehead atoms. The van der Waals surface area contributed by atoms with Crippen LogP contribution >= 0.6 is 0 Å². The van der Waals surface area contributed by atoms with Crippen molar-refractivity contribution in [3.63, 3.8) is 0 Å². The fourth-order valence-electron chi connectivity index (χ4n) is 1.40. The van der Waals surface area contributed by atoms with Crippen molar-refractivity contribution in [2.75, 3.05) is 13.2 Å². The quantitative estimate of drug-likeness (QED) is 0.748.